The summed E-state index contributed by atoms with van der Waals surface area (Å²) in [6, 6.07) is 9.61. The van der Waals surface area contributed by atoms with Gasteiger partial charge in [-0.25, -0.2) is 0 Å². The first-order valence-corrected chi connectivity index (χ1v) is 6.15. The van der Waals surface area contributed by atoms with Crippen LogP contribution in [0, 0.1) is 0 Å². The van der Waals surface area contributed by atoms with Crippen molar-refractivity contribution in [2.75, 3.05) is 0 Å². The third-order valence-electron chi connectivity index (χ3n) is 2.85. The highest BCUT2D eigenvalue weighted by Crippen LogP contribution is 2.13. The topological polar surface area (TPSA) is 85.1 Å². The minimum atomic E-state index is -1.07. The standard InChI is InChI=1S/C14H15N3O3/c1-14(2,15-9-18)12(19)13-17-16-11(20-13)8-10-6-4-3-5-7-10/h3-7,9H,8H2,1-2H3,(H,15,18). The summed E-state index contributed by atoms with van der Waals surface area (Å²) in [4.78, 5) is 22.6. The van der Waals surface area contributed by atoms with Gasteiger partial charge >= 0.3 is 0 Å². The molecule has 0 aliphatic rings. The molecule has 1 aromatic carbocycles. The Kier molecular flexibility index (Phi) is 3.93. The third kappa shape index (κ3) is 3.09. The van der Waals surface area contributed by atoms with Crippen molar-refractivity contribution in [2.24, 2.45) is 0 Å². The summed E-state index contributed by atoms with van der Waals surface area (Å²) in [5, 5.41) is 10.0. The monoisotopic (exact) mass is 273 g/mol. The fraction of sp³-hybridized carbons (Fsp3) is 0.286. The summed E-state index contributed by atoms with van der Waals surface area (Å²) in [5.41, 5.74) is -0.0568. The number of Topliss-reactive ketones (excluding diaryl/α,β-unsaturated/α-hetero) is 1. The van der Waals surface area contributed by atoms with Gasteiger partial charge in [-0.15, -0.1) is 10.2 Å². The molecule has 0 bridgehead atoms. The Morgan fingerprint density at radius 3 is 2.65 bits per heavy atom. The van der Waals surface area contributed by atoms with E-state index in [0.29, 0.717) is 18.7 Å². The molecule has 20 heavy (non-hydrogen) atoms. The second kappa shape index (κ2) is 5.64. The van der Waals surface area contributed by atoms with Gasteiger partial charge in [-0.05, 0) is 19.4 Å². The lowest BCUT2D eigenvalue weighted by atomic mass is 10.00. The number of carbonyl (C=O) groups is 2. The van der Waals surface area contributed by atoms with Crippen LogP contribution in [0.4, 0.5) is 0 Å². The van der Waals surface area contributed by atoms with Crippen LogP contribution in [-0.2, 0) is 11.2 Å². The quantitative estimate of drug-likeness (QED) is 0.634. The Morgan fingerprint density at radius 2 is 2.00 bits per heavy atom. The van der Waals surface area contributed by atoms with Crippen molar-refractivity contribution < 1.29 is 14.0 Å². The van der Waals surface area contributed by atoms with Gasteiger partial charge in [0.1, 0.15) is 5.54 Å². The SMILES string of the molecule is CC(C)(NC=O)C(=O)c1nnc(Cc2ccccc2)o1. The summed E-state index contributed by atoms with van der Waals surface area (Å²) in [6.07, 6.45) is 0.932. The maximum atomic E-state index is 12.1. The van der Waals surface area contributed by atoms with Crippen LogP contribution in [0.15, 0.2) is 34.7 Å². The van der Waals surface area contributed by atoms with Crippen LogP contribution in [0.25, 0.3) is 0 Å². The van der Waals surface area contributed by atoms with Gasteiger partial charge in [0.05, 0.1) is 6.42 Å². The van der Waals surface area contributed by atoms with Gasteiger partial charge in [-0.1, -0.05) is 30.3 Å². The number of hydrogen-bond donors (Lipinski definition) is 1. The normalized spacial score (nSPS) is 11.1. The summed E-state index contributed by atoms with van der Waals surface area (Å²) in [5.74, 6) is -0.159. The highest BCUT2D eigenvalue weighted by Gasteiger charge is 2.32. The van der Waals surface area contributed by atoms with E-state index in [1.165, 1.54) is 0 Å². The molecule has 0 aliphatic carbocycles. The van der Waals surface area contributed by atoms with Crippen LogP contribution in [0.5, 0.6) is 0 Å². The van der Waals surface area contributed by atoms with Gasteiger partial charge in [0.15, 0.2) is 0 Å². The lowest BCUT2D eigenvalue weighted by Gasteiger charge is -2.19. The van der Waals surface area contributed by atoms with Gasteiger partial charge in [0, 0.05) is 0 Å². The van der Waals surface area contributed by atoms with Crippen LogP contribution in [0.2, 0.25) is 0 Å². The molecule has 0 spiro atoms. The van der Waals surface area contributed by atoms with Gasteiger partial charge < -0.3 is 9.73 Å². The molecule has 6 heteroatoms. The van der Waals surface area contributed by atoms with Crippen molar-refractivity contribution in [2.45, 2.75) is 25.8 Å². The molecular formula is C14H15N3O3. The molecule has 0 aliphatic heterocycles. The minimum absolute atomic E-state index is 0.102. The number of rotatable bonds is 6. The van der Waals surface area contributed by atoms with Gasteiger partial charge in [0.2, 0.25) is 18.1 Å². The Balaban J connectivity index is 2.13. The number of benzene rings is 1. The molecule has 0 fully saturated rings. The third-order valence-corrected chi connectivity index (χ3v) is 2.85. The summed E-state index contributed by atoms with van der Waals surface area (Å²) in [6.45, 7) is 3.15. The Morgan fingerprint density at radius 1 is 1.30 bits per heavy atom. The highest BCUT2D eigenvalue weighted by atomic mass is 16.4. The van der Waals surface area contributed by atoms with E-state index < -0.39 is 11.3 Å². The average Bonchev–Trinajstić information content (AvgIpc) is 2.87. The second-order valence-corrected chi connectivity index (χ2v) is 4.88. The van der Waals surface area contributed by atoms with E-state index in [1.807, 2.05) is 30.3 Å². The Labute approximate surface area is 116 Å². The molecule has 1 heterocycles. The van der Waals surface area contributed by atoms with Crippen molar-refractivity contribution in [3.63, 3.8) is 0 Å². The zero-order valence-corrected chi connectivity index (χ0v) is 11.3. The number of nitrogens with zero attached hydrogens (tertiary/aromatic N) is 2. The van der Waals surface area contributed by atoms with Crippen molar-refractivity contribution >= 4 is 12.2 Å². The van der Waals surface area contributed by atoms with Crippen LogP contribution < -0.4 is 5.32 Å². The van der Waals surface area contributed by atoms with E-state index in [-0.39, 0.29) is 5.89 Å². The van der Waals surface area contributed by atoms with Gasteiger partial charge in [0.25, 0.3) is 5.89 Å². The Bertz CT molecular complexity index is 605. The van der Waals surface area contributed by atoms with E-state index in [1.54, 1.807) is 13.8 Å². The van der Waals surface area contributed by atoms with Crippen LogP contribution >= 0.6 is 0 Å². The molecule has 6 nitrogen and oxygen atoms in total. The maximum absolute atomic E-state index is 12.1. The number of amides is 1. The Hall–Kier alpha value is -2.50. The van der Waals surface area contributed by atoms with E-state index in [4.69, 9.17) is 4.42 Å². The average molecular weight is 273 g/mol. The first-order valence-electron chi connectivity index (χ1n) is 6.15. The van der Waals surface area contributed by atoms with Crippen LogP contribution in [0.3, 0.4) is 0 Å². The number of ketones is 1. The first kappa shape index (κ1) is 13.9. The zero-order chi connectivity index (χ0) is 14.6. The van der Waals surface area contributed by atoms with E-state index in [0.717, 1.165) is 5.56 Å². The molecule has 0 saturated heterocycles. The number of hydrogen-bond acceptors (Lipinski definition) is 5. The molecule has 104 valence electrons. The van der Waals surface area contributed by atoms with Crippen LogP contribution in [-0.4, -0.2) is 27.9 Å². The summed E-state index contributed by atoms with van der Waals surface area (Å²) < 4.78 is 5.35. The zero-order valence-electron chi connectivity index (χ0n) is 11.3. The molecule has 0 atom stereocenters. The van der Waals surface area contributed by atoms with E-state index >= 15 is 0 Å². The number of nitrogens with one attached hydrogen (secondary N) is 1. The summed E-state index contributed by atoms with van der Waals surface area (Å²) in [7, 11) is 0. The predicted octanol–water partition coefficient (Wildman–Crippen LogP) is 1.37. The molecule has 2 aromatic rings. The second-order valence-electron chi connectivity index (χ2n) is 4.88. The minimum Gasteiger partial charge on any atom is -0.418 e. The first-order chi connectivity index (χ1) is 9.53. The van der Waals surface area contributed by atoms with Crippen molar-refractivity contribution in [1.29, 1.82) is 0 Å². The fourth-order valence-corrected chi connectivity index (χ4v) is 1.67. The molecule has 1 N–H and O–H groups in total. The van der Waals surface area contributed by atoms with Crippen LogP contribution in [0.1, 0.15) is 36.0 Å². The largest absolute Gasteiger partial charge is 0.418 e. The molecule has 1 amide bonds. The molecular weight excluding hydrogens is 258 g/mol. The fourth-order valence-electron chi connectivity index (χ4n) is 1.67. The number of carbonyl (C=O) groups excluding carboxylic acids is 2. The molecule has 0 unspecified atom stereocenters. The summed E-state index contributed by atoms with van der Waals surface area (Å²) >= 11 is 0. The highest BCUT2D eigenvalue weighted by molar-refractivity contribution is 5.99. The predicted molar refractivity (Wildman–Crippen MR) is 71.2 cm³/mol. The lowest BCUT2D eigenvalue weighted by Crippen LogP contribution is -2.46. The molecule has 1 aromatic heterocycles. The van der Waals surface area contributed by atoms with E-state index in [9.17, 15) is 9.59 Å². The van der Waals surface area contributed by atoms with Gasteiger partial charge in [-0.2, -0.15) is 0 Å². The van der Waals surface area contributed by atoms with Crippen molar-refractivity contribution in [3.8, 4) is 0 Å². The smallest absolute Gasteiger partial charge is 0.286 e. The van der Waals surface area contributed by atoms with Gasteiger partial charge in [-0.3, -0.25) is 9.59 Å². The number of aromatic nitrogens is 2. The molecule has 0 saturated carbocycles. The van der Waals surface area contributed by atoms with Crippen molar-refractivity contribution in [3.05, 3.63) is 47.7 Å². The lowest BCUT2D eigenvalue weighted by molar-refractivity contribution is -0.110. The molecule has 2 rings (SSSR count). The maximum Gasteiger partial charge on any atom is 0.286 e. The van der Waals surface area contributed by atoms with Crippen molar-refractivity contribution in [1.82, 2.24) is 15.5 Å². The van der Waals surface area contributed by atoms with E-state index in [2.05, 4.69) is 15.5 Å². The molecule has 0 radical (unpaired) electrons.